The first-order chi connectivity index (χ1) is 25.3. The number of hydrogen-bond donors (Lipinski definition) is 0. The van der Waals surface area contributed by atoms with E-state index >= 15 is 0 Å². The van der Waals surface area contributed by atoms with Gasteiger partial charge in [-0.1, -0.05) is 146 Å². The predicted molar refractivity (Wildman–Crippen MR) is 213 cm³/mol. The fourth-order valence-corrected chi connectivity index (χ4v) is 6.93. The zero-order chi connectivity index (χ0) is 34.0. The highest BCUT2D eigenvalue weighted by atomic mass is 15.1. The van der Waals surface area contributed by atoms with Gasteiger partial charge in [0.05, 0.1) is 22.4 Å². The molecule has 0 bridgehead atoms. The highest BCUT2D eigenvalue weighted by Gasteiger charge is 2.17. The average molecular weight is 652 g/mol. The van der Waals surface area contributed by atoms with Crippen LogP contribution in [0, 0.1) is 0 Å². The third kappa shape index (κ3) is 5.92. The number of fused-ring (bicyclic) bond motifs is 3. The van der Waals surface area contributed by atoms with Gasteiger partial charge in [0.1, 0.15) is 0 Å². The molecule has 1 aromatic heterocycles. The molecule has 0 saturated carbocycles. The summed E-state index contributed by atoms with van der Waals surface area (Å²) in [5, 5.41) is 2.20. The fraction of sp³-hybridized carbons (Fsp3) is 0. The second-order valence-electron chi connectivity index (χ2n) is 12.7. The molecule has 0 N–H and O–H groups in total. The van der Waals surface area contributed by atoms with Crippen LogP contribution in [-0.4, -0.2) is 9.97 Å². The predicted octanol–water partition coefficient (Wildman–Crippen LogP) is 12.9. The zero-order valence-electron chi connectivity index (χ0n) is 27.9. The van der Waals surface area contributed by atoms with E-state index in [-0.39, 0.29) is 0 Å². The van der Waals surface area contributed by atoms with Crippen molar-refractivity contribution in [1.82, 2.24) is 9.97 Å². The van der Waals surface area contributed by atoms with Gasteiger partial charge in [-0.3, -0.25) is 0 Å². The van der Waals surface area contributed by atoms with Gasteiger partial charge in [-0.2, -0.15) is 0 Å². The third-order valence-corrected chi connectivity index (χ3v) is 9.39. The van der Waals surface area contributed by atoms with E-state index in [4.69, 9.17) is 9.97 Å². The van der Waals surface area contributed by atoms with E-state index in [2.05, 4.69) is 193 Å². The lowest BCUT2D eigenvalue weighted by atomic mass is 9.95. The van der Waals surface area contributed by atoms with Gasteiger partial charge < -0.3 is 4.90 Å². The molecule has 0 aliphatic carbocycles. The molecule has 0 unspecified atom stereocenters. The topological polar surface area (TPSA) is 29.0 Å². The van der Waals surface area contributed by atoms with Crippen molar-refractivity contribution in [3.8, 4) is 44.8 Å². The summed E-state index contributed by atoms with van der Waals surface area (Å²) in [5.74, 6) is 0. The van der Waals surface area contributed by atoms with Crippen LogP contribution in [0.15, 0.2) is 200 Å². The smallest absolute Gasteiger partial charge is 0.0973 e. The molecular formula is C48H33N3. The van der Waals surface area contributed by atoms with Crippen LogP contribution < -0.4 is 4.90 Å². The molecule has 9 rings (SSSR count). The molecule has 3 heteroatoms. The maximum atomic E-state index is 5.34. The summed E-state index contributed by atoms with van der Waals surface area (Å²) in [6, 6.07) is 70.4. The molecule has 3 nitrogen and oxygen atoms in total. The van der Waals surface area contributed by atoms with Crippen molar-refractivity contribution in [1.29, 1.82) is 0 Å². The Hall–Kier alpha value is -6.84. The molecule has 51 heavy (non-hydrogen) atoms. The van der Waals surface area contributed by atoms with Crippen molar-refractivity contribution in [3.05, 3.63) is 200 Å². The summed E-state index contributed by atoms with van der Waals surface area (Å²) in [5.41, 5.74) is 13.6. The van der Waals surface area contributed by atoms with Crippen LogP contribution in [0.1, 0.15) is 0 Å². The maximum absolute atomic E-state index is 5.34. The van der Waals surface area contributed by atoms with Crippen LogP contribution in [-0.2, 0) is 0 Å². The largest absolute Gasteiger partial charge is 0.310 e. The molecule has 9 aromatic rings. The Kier molecular flexibility index (Phi) is 7.84. The number of hydrogen-bond acceptors (Lipinski definition) is 3. The fourth-order valence-electron chi connectivity index (χ4n) is 6.93. The van der Waals surface area contributed by atoms with E-state index < -0.39 is 0 Å². The Morgan fingerprint density at radius 3 is 1.37 bits per heavy atom. The van der Waals surface area contributed by atoms with Crippen LogP contribution in [0.3, 0.4) is 0 Å². The quantitative estimate of drug-likeness (QED) is 0.161. The van der Waals surface area contributed by atoms with E-state index in [1.54, 1.807) is 0 Å². The highest BCUT2D eigenvalue weighted by Crippen LogP contribution is 2.40. The van der Waals surface area contributed by atoms with Gasteiger partial charge in [0, 0.05) is 33.6 Å². The number of rotatable bonds is 7. The van der Waals surface area contributed by atoms with Crippen molar-refractivity contribution in [3.63, 3.8) is 0 Å². The lowest BCUT2D eigenvalue weighted by Gasteiger charge is -2.26. The first-order valence-corrected chi connectivity index (χ1v) is 17.2. The lowest BCUT2D eigenvalue weighted by Crippen LogP contribution is -2.10. The van der Waals surface area contributed by atoms with Gasteiger partial charge >= 0.3 is 0 Å². The Bertz CT molecular complexity index is 2570. The van der Waals surface area contributed by atoms with Crippen LogP contribution in [0.25, 0.3) is 66.6 Å². The first kappa shape index (κ1) is 30.2. The van der Waals surface area contributed by atoms with Crippen LogP contribution in [0.2, 0.25) is 0 Å². The maximum Gasteiger partial charge on any atom is 0.0973 e. The second-order valence-corrected chi connectivity index (χ2v) is 12.7. The first-order valence-electron chi connectivity index (χ1n) is 17.2. The van der Waals surface area contributed by atoms with Gasteiger partial charge in [0.2, 0.25) is 0 Å². The van der Waals surface area contributed by atoms with Crippen molar-refractivity contribution < 1.29 is 0 Å². The molecule has 0 aliphatic rings. The third-order valence-electron chi connectivity index (χ3n) is 9.39. The SMILES string of the molecule is c1ccc(-c2cc(-c3ccc4c(ccc5nc(-c6ccccc6)c(-c6ccccc6)nc54)c3)cc(N(c3ccccc3)c3ccccc3)c2)cc1. The van der Waals surface area contributed by atoms with Gasteiger partial charge in [0.25, 0.3) is 0 Å². The zero-order valence-corrected chi connectivity index (χ0v) is 27.9. The number of anilines is 3. The molecular weight excluding hydrogens is 619 g/mol. The van der Waals surface area contributed by atoms with Crippen molar-refractivity contribution in [2.45, 2.75) is 0 Å². The van der Waals surface area contributed by atoms with Gasteiger partial charge in [-0.15, -0.1) is 0 Å². The Morgan fingerprint density at radius 2 is 0.804 bits per heavy atom. The van der Waals surface area contributed by atoms with Crippen LogP contribution in [0.4, 0.5) is 17.1 Å². The molecule has 0 saturated heterocycles. The summed E-state index contributed by atoms with van der Waals surface area (Å²) >= 11 is 0. The highest BCUT2D eigenvalue weighted by molar-refractivity contribution is 6.06. The normalized spacial score (nSPS) is 11.1. The van der Waals surface area contributed by atoms with E-state index in [0.29, 0.717) is 0 Å². The lowest BCUT2D eigenvalue weighted by molar-refractivity contribution is 1.28. The molecule has 8 aromatic carbocycles. The monoisotopic (exact) mass is 651 g/mol. The van der Waals surface area contributed by atoms with Gasteiger partial charge in [-0.05, 0) is 82.2 Å². The number of aromatic nitrogens is 2. The van der Waals surface area contributed by atoms with Gasteiger partial charge in [0.15, 0.2) is 0 Å². The average Bonchev–Trinajstić information content (AvgIpc) is 3.22. The summed E-state index contributed by atoms with van der Waals surface area (Å²) in [7, 11) is 0. The summed E-state index contributed by atoms with van der Waals surface area (Å²) in [6.07, 6.45) is 0. The number of benzene rings is 8. The second kappa shape index (κ2) is 13.2. The summed E-state index contributed by atoms with van der Waals surface area (Å²) in [6.45, 7) is 0. The minimum Gasteiger partial charge on any atom is -0.310 e. The van der Waals surface area contributed by atoms with E-state index in [1.807, 2.05) is 12.1 Å². The molecule has 240 valence electrons. The number of nitrogens with zero attached hydrogens (tertiary/aromatic N) is 3. The number of para-hydroxylation sites is 2. The van der Waals surface area contributed by atoms with Crippen molar-refractivity contribution >= 4 is 38.9 Å². The van der Waals surface area contributed by atoms with E-state index in [9.17, 15) is 0 Å². The molecule has 0 atom stereocenters. The Balaban J connectivity index is 1.22. The molecule has 0 amide bonds. The summed E-state index contributed by atoms with van der Waals surface area (Å²) in [4.78, 5) is 12.9. The molecule has 0 radical (unpaired) electrons. The van der Waals surface area contributed by atoms with Crippen LogP contribution >= 0.6 is 0 Å². The molecule has 1 heterocycles. The van der Waals surface area contributed by atoms with Gasteiger partial charge in [-0.25, -0.2) is 9.97 Å². The summed E-state index contributed by atoms with van der Waals surface area (Å²) < 4.78 is 0. The Labute approximate surface area is 297 Å². The van der Waals surface area contributed by atoms with E-state index in [1.165, 1.54) is 5.56 Å². The minimum absolute atomic E-state index is 0.878. The molecule has 0 aliphatic heterocycles. The standard InChI is InChI=1S/C48H33N3/c1-6-16-34(17-7-1)39-31-40(33-43(32-39)51(41-22-12-4-13-23-41)42-24-14-5-15-25-42)37-26-28-44-38(30-37)27-29-45-48(44)50-47(36-20-10-3-11-21-36)46(49-45)35-18-8-2-9-19-35/h1-33H. The van der Waals surface area contributed by atoms with E-state index in [0.717, 1.165) is 78.1 Å². The van der Waals surface area contributed by atoms with Crippen molar-refractivity contribution in [2.75, 3.05) is 4.90 Å². The molecule has 0 fully saturated rings. The molecule has 0 spiro atoms. The van der Waals surface area contributed by atoms with Crippen molar-refractivity contribution in [2.24, 2.45) is 0 Å². The Morgan fingerprint density at radius 1 is 0.314 bits per heavy atom. The van der Waals surface area contributed by atoms with Crippen LogP contribution in [0.5, 0.6) is 0 Å². The minimum atomic E-state index is 0.878.